The number of halogens is 1. The van der Waals surface area contributed by atoms with Crippen LogP contribution in [0.4, 0.5) is 10.1 Å². The molecule has 14 heavy (non-hydrogen) atoms. The first-order valence-corrected chi connectivity index (χ1v) is 4.99. The van der Waals surface area contributed by atoms with Crippen LogP contribution in [-0.4, -0.2) is 6.17 Å². The molecule has 76 valence electrons. The Morgan fingerprint density at radius 3 is 2.57 bits per heavy atom. The van der Waals surface area contributed by atoms with Crippen LogP contribution in [0.15, 0.2) is 18.2 Å². The van der Waals surface area contributed by atoms with E-state index in [4.69, 9.17) is 5.73 Å². The van der Waals surface area contributed by atoms with Gasteiger partial charge < -0.3 is 5.73 Å². The lowest BCUT2D eigenvalue weighted by Crippen LogP contribution is -2.26. The van der Waals surface area contributed by atoms with Crippen molar-refractivity contribution < 1.29 is 4.39 Å². The van der Waals surface area contributed by atoms with E-state index in [2.05, 4.69) is 0 Å². The van der Waals surface area contributed by atoms with Gasteiger partial charge in [-0.2, -0.15) is 0 Å². The molecule has 0 spiro atoms. The van der Waals surface area contributed by atoms with Crippen LogP contribution in [0.25, 0.3) is 0 Å². The molecule has 0 radical (unpaired) electrons. The number of hydrogen-bond acceptors (Lipinski definition) is 1. The summed E-state index contributed by atoms with van der Waals surface area (Å²) in [6.07, 6.45) is -0.831. The molecular weight excluding hydrogens is 177 g/mol. The highest BCUT2D eigenvalue weighted by Crippen LogP contribution is 2.49. The Bertz CT molecular complexity index is 371. The summed E-state index contributed by atoms with van der Waals surface area (Å²) in [6.45, 7) is 5.80. The molecule has 2 atom stereocenters. The van der Waals surface area contributed by atoms with Crippen molar-refractivity contribution in [3.8, 4) is 0 Å². The van der Waals surface area contributed by atoms with Crippen LogP contribution in [0.5, 0.6) is 0 Å². The maximum absolute atomic E-state index is 14.0. The lowest BCUT2D eigenvalue weighted by atomic mass is 9.84. The van der Waals surface area contributed by atoms with Gasteiger partial charge in [0.25, 0.3) is 0 Å². The zero-order valence-electron chi connectivity index (χ0n) is 8.84. The third kappa shape index (κ3) is 0.999. The van der Waals surface area contributed by atoms with Crippen LogP contribution >= 0.6 is 0 Å². The van der Waals surface area contributed by atoms with E-state index in [9.17, 15) is 4.39 Å². The van der Waals surface area contributed by atoms with E-state index in [0.29, 0.717) is 0 Å². The van der Waals surface area contributed by atoms with Crippen LogP contribution in [0.1, 0.15) is 37.8 Å². The molecule has 2 heteroatoms. The van der Waals surface area contributed by atoms with Gasteiger partial charge in [0.2, 0.25) is 0 Å². The van der Waals surface area contributed by atoms with Crippen molar-refractivity contribution >= 4 is 5.69 Å². The molecule has 0 saturated heterocycles. The summed E-state index contributed by atoms with van der Waals surface area (Å²) < 4.78 is 14.0. The Hall–Kier alpha value is -1.05. The van der Waals surface area contributed by atoms with Gasteiger partial charge in [-0.15, -0.1) is 0 Å². The van der Waals surface area contributed by atoms with Gasteiger partial charge in [0, 0.05) is 17.0 Å². The highest BCUT2D eigenvalue weighted by atomic mass is 19.1. The summed E-state index contributed by atoms with van der Waals surface area (Å²) in [7, 11) is 0. The molecule has 0 fully saturated rings. The lowest BCUT2D eigenvalue weighted by Gasteiger charge is -2.23. The van der Waals surface area contributed by atoms with Crippen molar-refractivity contribution in [2.24, 2.45) is 0 Å². The average molecular weight is 193 g/mol. The summed E-state index contributed by atoms with van der Waals surface area (Å²) in [4.78, 5) is 0. The third-order valence-corrected chi connectivity index (χ3v) is 3.42. The molecule has 0 bridgehead atoms. The second-order valence-electron chi connectivity index (χ2n) is 4.72. The maximum atomic E-state index is 14.0. The zero-order valence-corrected chi connectivity index (χ0v) is 8.84. The molecule has 2 rings (SSSR count). The Labute approximate surface area is 84.1 Å². The van der Waals surface area contributed by atoms with Gasteiger partial charge in [-0.3, -0.25) is 0 Å². The molecule has 1 aromatic rings. The minimum absolute atomic E-state index is 0.0822. The molecule has 1 aromatic carbocycles. The van der Waals surface area contributed by atoms with Crippen molar-refractivity contribution in [3.05, 3.63) is 29.3 Å². The molecule has 0 aliphatic heterocycles. The molecule has 1 nitrogen and oxygen atoms in total. The first-order valence-electron chi connectivity index (χ1n) is 4.99. The Kier molecular flexibility index (Phi) is 1.85. The quantitative estimate of drug-likeness (QED) is 0.630. The fourth-order valence-electron chi connectivity index (χ4n) is 2.57. The summed E-state index contributed by atoms with van der Waals surface area (Å²) in [5.74, 6) is -0.0822. The largest absolute Gasteiger partial charge is 0.398 e. The van der Waals surface area contributed by atoms with E-state index < -0.39 is 11.6 Å². The standard InChI is InChI=1S/C12H16FN/c1-7-10-8(5-4-6-9(10)14)12(2,3)11(7)13/h4-7,11H,14H2,1-3H3. The van der Waals surface area contributed by atoms with Crippen LogP contribution in [0.3, 0.4) is 0 Å². The Morgan fingerprint density at radius 1 is 1.36 bits per heavy atom. The predicted molar refractivity (Wildman–Crippen MR) is 57.2 cm³/mol. The van der Waals surface area contributed by atoms with Gasteiger partial charge in [0.05, 0.1) is 0 Å². The van der Waals surface area contributed by atoms with Crippen molar-refractivity contribution in [3.63, 3.8) is 0 Å². The number of benzene rings is 1. The zero-order chi connectivity index (χ0) is 10.5. The van der Waals surface area contributed by atoms with E-state index in [1.165, 1.54) is 0 Å². The highest BCUT2D eigenvalue weighted by molar-refractivity contribution is 5.58. The second kappa shape index (κ2) is 2.72. The Balaban J connectivity index is 2.68. The van der Waals surface area contributed by atoms with Gasteiger partial charge in [-0.05, 0) is 17.2 Å². The van der Waals surface area contributed by atoms with Gasteiger partial charge in [-0.1, -0.05) is 32.9 Å². The topological polar surface area (TPSA) is 26.0 Å². The summed E-state index contributed by atoms with van der Waals surface area (Å²) >= 11 is 0. The van der Waals surface area contributed by atoms with E-state index in [1.807, 2.05) is 39.0 Å². The summed E-state index contributed by atoms with van der Waals surface area (Å²) in [5.41, 5.74) is 8.28. The van der Waals surface area contributed by atoms with Crippen molar-refractivity contribution in [2.75, 3.05) is 5.73 Å². The van der Waals surface area contributed by atoms with Gasteiger partial charge >= 0.3 is 0 Å². The number of anilines is 1. The fourth-order valence-corrected chi connectivity index (χ4v) is 2.57. The van der Waals surface area contributed by atoms with Gasteiger partial charge in [0.15, 0.2) is 0 Å². The van der Waals surface area contributed by atoms with E-state index in [1.54, 1.807) is 0 Å². The maximum Gasteiger partial charge on any atom is 0.116 e. The first kappa shape index (κ1) is 9.50. The van der Waals surface area contributed by atoms with Crippen molar-refractivity contribution in [1.82, 2.24) is 0 Å². The number of rotatable bonds is 0. The van der Waals surface area contributed by atoms with E-state index in [-0.39, 0.29) is 5.92 Å². The van der Waals surface area contributed by atoms with Crippen LogP contribution < -0.4 is 5.73 Å². The minimum atomic E-state index is -0.831. The van der Waals surface area contributed by atoms with Gasteiger partial charge in [0.1, 0.15) is 6.17 Å². The molecule has 0 amide bonds. The average Bonchev–Trinajstić information content (AvgIpc) is 2.30. The third-order valence-electron chi connectivity index (χ3n) is 3.42. The molecule has 0 heterocycles. The monoisotopic (exact) mass is 193 g/mol. The fraction of sp³-hybridized carbons (Fsp3) is 0.500. The molecule has 1 aliphatic carbocycles. The Morgan fingerprint density at radius 2 is 2.00 bits per heavy atom. The lowest BCUT2D eigenvalue weighted by molar-refractivity contribution is 0.211. The molecule has 2 N–H and O–H groups in total. The van der Waals surface area contributed by atoms with E-state index >= 15 is 0 Å². The molecule has 1 aliphatic rings. The molecular formula is C12H16FN. The van der Waals surface area contributed by atoms with Crippen LogP contribution in [-0.2, 0) is 5.41 Å². The van der Waals surface area contributed by atoms with Gasteiger partial charge in [-0.25, -0.2) is 4.39 Å². The summed E-state index contributed by atoms with van der Waals surface area (Å²) in [5, 5.41) is 0. The number of nitrogens with two attached hydrogens (primary N) is 1. The van der Waals surface area contributed by atoms with E-state index in [0.717, 1.165) is 16.8 Å². The minimum Gasteiger partial charge on any atom is -0.398 e. The number of fused-ring (bicyclic) bond motifs is 1. The molecule has 0 saturated carbocycles. The molecule has 2 unspecified atom stereocenters. The molecule has 0 aromatic heterocycles. The van der Waals surface area contributed by atoms with Crippen molar-refractivity contribution in [2.45, 2.75) is 38.3 Å². The number of hydrogen-bond donors (Lipinski definition) is 1. The van der Waals surface area contributed by atoms with Crippen molar-refractivity contribution in [1.29, 1.82) is 0 Å². The summed E-state index contributed by atoms with van der Waals surface area (Å²) in [6, 6.07) is 5.74. The SMILES string of the molecule is CC1c2c(N)cccc2C(C)(C)C1F. The predicted octanol–water partition coefficient (Wildman–Crippen LogP) is 3.00. The van der Waals surface area contributed by atoms with Crippen LogP contribution in [0.2, 0.25) is 0 Å². The second-order valence-corrected chi connectivity index (χ2v) is 4.72. The first-order chi connectivity index (χ1) is 6.46. The van der Waals surface area contributed by atoms with Crippen LogP contribution in [0, 0.1) is 0 Å². The number of alkyl halides is 1. The number of nitrogen functional groups attached to an aromatic ring is 1. The normalized spacial score (nSPS) is 28.9. The smallest absolute Gasteiger partial charge is 0.116 e. The highest BCUT2D eigenvalue weighted by Gasteiger charge is 2.45.